The summed E-state index contributed by atoms with van der Waals surface area (Å²) in [5.41, 5.74) is -8.15. The standard InChI is InChI=1S/C33H30F9N3O5S/c1-21(46)43-15-17-44(18-16-43)29(47)45-14-13-30(20-45,51(48,49)25-11-9-24(34)10-12-25)22-5-7-23(8-6-22)31(32(37,38)39,33(40,41)42)50-19-26-27(35)3-2-4-28(26)36/h2-12H,13-20H2,1H3/t30-/m0/s1. The minimum absolute atomic E-state index is 0.120. The lowest BCUT2D eigenvalue weighted by molar-refractivity contribution is -0.392. The van der Waals surface area contributed by atoms with Crippen molar-refractivity contribution >= 4 is 21.8 Å². The summed E-state index contributed by atoms with van der Waals surface area (Å²) in [6.07, 6.45) is -12.8. The number of benzene rings is 3. The van der Waals surface area contributed by atoms with E-state index in [2.05, 4.69) is 4.74 Å². The first-order valence-corrected chi connectivity index (χ1v) is 16.8. The van der Waals surface area contributed by atoms with Crippen molar-refractivity contribution in [3.05, 3.63) is 101 Å². The molecule has 0 saturated carbocycles. The van der Waals surface area contributed by atoms with Crippen molar-refractivity contribution < 1.29 is 62.3 Å². The van der Waals surface area contributed by atoms with Gasteiger partial charge in [-0.3, -0.25) is 4.79 Å². The SMILES string of the molecule is CC(=O)N1CCN(C(=O)N2CC[C@](c3ccc(C(OCc4c(F)cccc4F)(C(F)(F)F)C(F)(F)F)cc3)(S(=O)(=O)c3ccc(F)cc3)C2)CC1. The van der Waals surface area contributed by atoms with E-state index in [1.165, 1.54) is 21.6 Å². The summed E-state index contributed by atoms with van der Waals surface area (Å²) in [6.45, 7) is -0.530. The van der Waals surface area contributed by atoms with Crippen LogP contribution in [0.15, 0.2) is 71.6 Å². The molecule has 1 atom stereocenters. The summed E-state index contributed by atoms with van der Waals surface area (Å²) in [7, 11) is -4.64. The lowest BCUT2D eigenvalue weighted by atomic mass is 9.88. The molecule has 18 heteroatoms. The third kappa shape index (κ3) is 6.74. The molecule has 0 aliphatic carbocycles. The van der Waals surface area contributed by atoms with Gasteiger partial charge in [-0.15, -0.1) is 0 Å². The van der Waals surface area contributed by atoms with Gasteiger partial charge < -0.3 is 19.4 Å². The van der Waals surface area contributed by atoms with Gasteiger partial charge in [-0.1, -0.05) is 30.3 Å². The van der Waals surface area contributed by atoms with Gasteiger partial charge in [0.15, 0.2) is 9.84 Å². The molecule has 51 heavy (non-hydrogen) atoms. The van der Waals surface area contributed by atoms with Crippen molar-refractivity contribution in [1.29, 1.82) is 0 Å². The number of halogens is 9. The van der Waals surface area contributed by atoms with Crippen LogP contribution < -0.4 is 0 Å². The van der Waals surface area contributed by atoms with Gasteiger partial charge in [0.05, 0.1) is 11.5 Å². The Morgan fingerprint density at radius 1 is 0.745 bits per heavy atom. The number of carbonyl (C=O) groups excluding carboxylic acids is 2. The number of rotatable bonds is 7. The lowest BCUT2D eigenvalue weighted by Gasteiger charge is -2.38. The summed E-state index contributed by atoms with van der Waals surface area (Å²) in [4.78, 5) is 28.9. The van der Waals surface area contributed by atoms with E-state index in [4.69, 9.17) is 0 Å². The first-order chi connectivity index (χ1) is 23.7. The number of sulfone groups is 1. The lowest BCUT2D eigenvalue weighted by Crippen LogP contribution is -2.56. The molecular formula is C33H30F9N3O5S. The second-order valence-electron chi connectivity index (χ2n) is 12.1. The fraction of sp³-hybridized carbons (Fsp3) is 0.394. The molecule has 2 heterocycles. The predicted molar refractivity (Wildman–Crippen MR) is 162 cm³/mol. The van der Waals surface area contributed by atoms with Gasteiger partial charge in [0.1, 0.15) is 22.2 Å². The quantitative estimate of drug-likeness (QED) is 0.209. The number of alkyl halides is 6. The number of ether oxygens (including phenoxy) is 1. The van der Waals surface area contributed by atoms with Crippen LogP contribution in [0.5, 0.6) is 0 Å². The molecule has 2 aliphatic rings. The van der Waals surface area contributed by atoms with Crippen LogP contribution in [0.4, 0.5) is 44.3 Å². The van der Waals surface area contributed by atoms with E-state index in [1.54, 1.807) is 0 Å². The number of carbonyl (C=O) groups is 2. The highest BCUT2D eigenvalue weighted by molar-refractivity contribution is 7.92. The molecule has 0 N–H and O–H groups in total. The van der Waals surface area contributed by atoms with Crippen molar-refractivity contribution in [1.82, 2.24) is 14.7 Å². The summed E-state index contributed by atoms with van der Waals surface area (Å²) in [5.74, 6) is -3.89. The molecule has 0 radical (unpaired) electrons. The van der Waals surface area contributed by atoms with Crippen LogP contribution in [-0.2, 0) is 36.3 Å². The minimum Gasteiger partial charge on any atom is -0.349 e. The maximum absolute atomic E-state index is 14.5. The molecule has 3 amide bonds. The maximum Gasteiger partial charge on any atom is 0.430 e. The highest BCUT2D eigenvalue weighted by atomic mass is 32.2. The highest BCUT2D eigenvalue weighted by Crippen LogP contribution is 2.54. The van der Waals surface area contributed by atoms with E-state index in [0.29, 0.717) is 24.3 Å². The molecule has 0 spiro atoms. The third-order valence-electron chi connectivity index (χ3n) is 9.25. The van der Waals surface area contributed by atoms with E-state index in [0.717, 1.165) is 42.5 Å². The van der Waals surface area contributed by atoms with Gasteiger partial charge >= 0.3 is 18.4 Å². The van der Waals surface area contributed by atoms with E-state index in [1.807, 2.05) is 0 Å². The number of likely N-dealkylation sites (tertiary alicyclic amines) is 1. The van der Waals surface area contributed by atoms with E-state index < -0.39 is 85.2 Å². The second kappa shape index (κ2) is 13.7. The summed E-state index contributed by atoms with van der Waals surface area (Å²) >= 11 is 0. The molecule has 276 valence electrons. The van der Waals surface area contributed by atoms with Gasteiger partial charge in [-0.25, -0.2) is 26.4 Å². The molecule has 0 aromatic heterocycles. The molecule has 2 saturated heterocycles. The van der Waals surface area contributed by atoms with Crippen molar-refractivity contribution in [3.8, 4) is 0 Å². The smallest absolute Gasteiger partial charge is 0.349 e. The Bertz CT molecular complexity index is 1850. The van der Waals surface area contributed by atoms with Gasteiger partial charge in [-0.2, -0.15) is 26.3 Å². The number of urea groups is 1. The number of nitrogens with zero attached hydrogens (tertiary/aromatic N) is 3. The number of hydrogen-bond acceptors (Lipinski definition) is 5. The van der Waals surface area contributed by atoms with E-state index in [-0.39, 0.29) is 50.6 Å². The summed E-state index contributed by atoms with van der Waals surface area (Å²) < 4.78 is 160. The summed E-state index contributed by atoms with van der Waals surface area (Å²) in [6, 6.07) is 7.29. The number of piperazine rings is 1. The van der Waals surface area contributed by atoms with Crippen LogP contribution in [0.1, 0.15) is 30.0 Å². The van der Waals surface area contributed by atoms with Crippen LogP contribution >= 0.6 is 0 Å². The average molecular weight is 752 g/mol. The zero-order chi connectivity index (χ0) is 37.6. The zero-order valence-electron chi connectivity index (χ0n) is 26.7. The maximum atomic E-state index is 14.5. The molecule has 2 fully saturated rings. The number of hydrogen-bond donors (Lipinski definition) is 0. The zero-order valence-corrected chi connectivity index (χ0v) is 27.5. The number of amides is 3. The third-order valence-corrected chi connectivity index (χ3v) is 11.7. The topological polar surface area (TPSA) is 87.2 Å². The minimum atomic E-state index is -6.24. The Kier molecular flexibility index (Phi) is 10.2. The van der Waals surface area contributed by atoms with Crippen LogP contribution in [0.2, 0.25) is 0 Å². The Hall–Kier alpha value is -4.32. The predicted octanol–water partition coefficient (Wildman–Crippen LogP) is 6.30. The van der Waals surface area contributed by atoms with Crippen LogP contribution in [0.3, 0.4) is 0 Å². The molecule has 5 rings (SSSR count). The van der Waals surface area contributed by atoms with Crippen molar-refractivity contribution in [3.63, 3.8) is 0 Å². The van der Waals surface area contributed by atoms with Crippen molar-refractivity contribution in [2.75, 3.05) is 39.3 Å². The van der Waals surface area contributed by atoms with Crippen molar-refractivity contribution in [2.24, 2.45) is 0 Å². The Balaban J connectivity index is 1.56. The Labute approximate surface area is 286 Å². The second-order valence-corrected chi connectivity index (χ2v) is 14.4. The Morgan fingerprint density at radius 2 is 1.27 bits per heavy atom. The highest BCUT2D eigenvalue weighted by Gasteiger charge is 2.73. The molecule has 8 nitrogen and oxygen atoms in total. The normalized spacial score (nSPS) is 19.1. The Morgan fingerprint density at radius 3 is 1.78 bits per heavy atom. The summed E-state index contributed by atoms with van der Waals surface area (Å²) in [5, 5.41) is 0. The first-order valence-electron chi connectivity index (χ1n) is 15.4. The van der Waals surface area contributed by atoms with Gasteiger partial charge in [-0.05, 0) is 48.4 Å². The molecular weight excluding hydrogens is 721 g/mol. The molecule has 2 aliphatic heterocycles. The largest absolute Gasteiger partial charge is 0.430 e. The molecule has 3 aromatic rings. The fourth-order valence-electron chi connectivity index (χ4n) is 6.40. The van der Waals surface area contributed by atoms with Crippen molar-refractivity contribution in [2.45, 2.75) is 47.5 Å². The van der Waals surface area contributed by atoms with E-state index in [9.17, 15) is 57.5 Å². The molecule has 0 unspecified atom stereocenters. The van der Waals surface area contributed by atoms with Gasteiger partial charge in [0, 0.05) is 57.3 Å². The van der Waals surface area contributed by atoms with Crippen LogP contribution in [0, 0.1) is 17.5 Å². The van der Waals surface area contributed by atoms with Crippen LogP contribution in [-0.4, -0.2) is 86.7 Å². The molecule has 0 bridgehead atoms. The molecule has 3 aromatic carbocycles. The van der Waals surface area contributed by atoms with Gasteiger partial charge in [0.25, 0.3) is 5.60 Å². The average Bonchev–Trinajstić information content (AvgIpc) is 3.53. The van der Waals surface area contributed by atoms with Gasteiger partial charge in [0.2, 0.25) is 5.91 Å². The first kappa shape index (κ1) is 37.9. The fourth-order valence-corrected chi connectivity index (χ4v) is 8.48. The monoisotopic (exact) mass is 751 g/mol. The van der Waals surface area contributed by atoms with Crippen LogP contribution in [0.25, 0.3) is 0 Å². The van der Waals surface area contributed by atoms with E-state index >= 15 is 0 Å².